The molecule has 7 nitrogen and oxygen atoms in total. The van der Waals surface area contributed by atoms with Crippen molar-refractivity contribution in [3.8, 4) is 0 Å². The number of para-hydroxylation sites is 2. The average Bonchev–Trinajstić information content (AvgIpc) is 3.08. The molecular weight excluding hydrogens is 481 g/mol. The van der Waals surface area contributed by atoms with Crippen LogP contribution in [0.25, 0.3) is 22.2 Å². The SMILES string of the molecule is Nc1c(S(=O)(=O)c2ccc(Cl)cc2)c2nc3ccccc3nc2n1/N=C\c1ccc(Cl)cc1. The van der Waals surface area contributed by atoms with Gasteiger partial charge in [0.15, 0.2) is 5.65 Å². The second-order valence-corrected chi connectivity index (χ2v) is 9.92. The van der Waals surface area contributed by atoms with Crippen LogP contribution in [-0.4, -0.2) is 29.3 Å². The van der Waals surface area contributed by atoms with Crippen LogP contribution in [0.3, 0.4) is 0 Å². The summed E-state index contributed by atoms with van der Waals surface area (Å²) in [6.45, 7) is 0. The van der Waals surface area contributed by atoms with Crippen LogP contribution in [0.15, 0.2) is 87.7 Å². The minimum Gasteiger partial charge on any atom is -0.382 e. The van der Waals surface area contributed by atoms with Gasteiger partial charge in [0.05, 0.1) is 22.1 Å². The van der Waals surface area contributed by atoms with Crippen molar-refractivity contribution < 1.29 is 8.42 Å². The molecule has 0 fully saturated rings. The lowest BCUT2D eigenvalue weighted by Crippen LogP contribution is -2.06. The molecule has 0 unspecified atom stereocenters. The van der Waals surface area contributed by atoms with Gasteiger partial charge in [-0.1, -0.05) is 47.5 Å². The third-order valence-electron chi connectivity index (χ3n) is 5.01. The van der Waals surface area contributed by atoms with E-state index in [-0.39, 0.29) is 26.8 Å². The number of anilines is 1. The smallest absolute Gasteiger partial charge is 0.212 e. The minimum absolute atomic E-state index is 0.0364. The number of benzene rings is 3. The maximum atomic E-state index is 13.6. The Bertz CT molecular complexity index is 1650. The highest BCUT2D eigenvalue weighted by atomic mass is 35.5. The van der Waals surface area contributed by atoms with E-state index in [2.05, 4.69) is 15.1 Å². The second-order valence-electron chi connectivity index (χ2n) is 7.16. The maximum Gasteiger partial charge on any atom is 0.212 e. The Labute approximate surface area is 199 Å². The van der Waals surface area contributed by atoms with E-state index in [4.69, 9.17) is 28.9 Å². The first-order valence-electron chi connectivity index (χ1n) is 9.72. The summed E-state index contributed by atoms with van der Waals surface area (Å²) >= 11 is 11.9. The van der Waals surface area contributed by atoms with Crippen LogP contribution < -0.4 is 5.73 Å². The summed E-state index contributed by atoms with van der Waals surface area (Å²) in [5.41, 5.74) is 8.59. The molecule has 0 saturated heterocycles. The number of nitrogens with two attached hydrogens (primary N) is 1. The molecule has 164 valence electrons. The number of nitrogen functional groups attached to an aromatic ring is 1. The molecule has 0 atom stereocenters. The molecule has 0 aliphatic carbocycles. The van der Waals surface area contributed by atoms with Gasteiger partial charge in [-0.25, -0.2) is 18.4 Å². The number of fused-ring (bicyclic) bond motifs is 2. The minimum atomic E-state index is -4.05. The van der Waals surface area contributed by atoms with E-state index in [1.807, 2.05) is 6.07 Å². The van der Waals surface area contributed by atoms with E-state index in [0.29, 0.717) is 21.1 Å². The van der Waals surface area contributed by atoms with E-state index in [0.717, 1.165) is 5.56 Å². The van der Waals surface area contributed by atoms with Crippen molar-refractivity contribution in [3.05, 3.63) is 88.4 Å². The lowest BCUT2D eigenvalue weighted by Gasteiger charge is -2.05. The Morgan fingerprint density at radius 1 is 0.848 bits per heavy atom. The zero-order chi connectivity index (χ0) is 23.2. The fraction of sp³-hybridized carbons (Fsp3) is 0. The van der Waals surface area contributed by atoms with Crippen LogP contribution in [0.4, 0.5) is 5.82 Å². The van der Waals surface area contributed by atoms with Crippen molar-refractivity contribution in [3.63, 3.8) is 0 Å². The van der Waals surface area contributed by atoms with Crippen molar-refractivity contribution in [1.29, 1.82) is 0 Å². The number of rotatable bonds is 4. The van der Waals surface area contributed by atoms with Crippen LogP contribution >= 0.6 is 23.2 Å². The van der Waals surface area contributed by atoms with Gasteiger partial charge >= 0.3 is 0 Å². The van der Waals surface area contributed by atoms with Crippen LogP contribution in [0, 0.1) is 0 Å². The van der Waals surface area contributed by atoms with Gasteiger partial charge in [-0.15, -0.1) is 0 Å². The number of hydrogen-bond acceptors (Lipinski definition) is 6. The Balaban J connectivity index is 1.78. The quantitative estimate of drug-likeness (QED) is 0.345. The first-order chi connectivity index (χ1) is 15.8. The van der Waals surface area contributed by atoms with Crippen molar-refractivity contribution in [2.75, 3.05) is 5.73 Å². The largest absolute Gasteiger partial charge is 0.382 e. The summed E-state index contributed by atoms with van der Waals surface area (Å²) in [6.07, 6.45) is 1.54. The predicted octanol–water partition coefficient (Wildman–Crippen LogP) is 5.19. The molecule has 0 aliphatic rings. The monoisotopic (exact) mass is 495 g/mol. The summed E-state index contributed by atoms with van der Waals surface area (Å²) in [5, 5.41) is 5.43. The first kappa shape index (κ1) is 21.4. The van der Waals surface area contributed by atoms with E-state index in [1.165, 1.54) is 28.9 Å². The topological polar surface area (TPSA) is 103 Å². The molecule has 0 radical (unpaired) electrons. The van der Waals surface area contributed by atoms with Gasteiger partial charge in [0, 0.05) is 10.0 Å². The molecule has 3 aromatic carbocycles. The average molecular weight is 496 g/mol. The van der Waals surface area contributed by atoms with Crippen LogP contribution in [0.2, 0.25) is 10.0 Å². The molecule has 2 N–H and O–H groups in total. The van der Waals surface area contributed by atoms with E-state index >= 15 is 0 Å². The summed E-state index contributed by atoms with van der Waals surface area (Å²) in [7, 11) is -4.05. The lowest BCUT2D eigenvalue weighted by molar-refractivity contribution is 0.597. The maximum absolute atomic E-state index is 13.6. The van der Waals surface area contributed by atoms with Gasteiger partial charge in [-0.2, -0.15) is 9.78 Å². The molecule has 0 spiro atoms. The van der Waals surface area contributed by atoms with Gasteiger partial charge in [-0.05, 0) is 54.1 Å². The Hall–Kier alpha value is -3.46. The van der Waals surface area contributed by atoms with Gasteiger partial charge in [0.1, 0.15) is 16.2 Å². The summed E-state index contributed by atoms with van der Waals surface area (Å²) < 4.78 is 28.4. The van der Waals surface area contributed by atoms with Crippen LogP contribution in [0.5, 0.6) is 0 Å². The van der Waals surface area contributed by atoms with E-state index in [9.17, 15) is 8.42 Å². The molecule has 2 heterocycles. The Morgan fingerprint density at radius 2 is 1.42 bits per heavy atom. The number of sulfone groups is 1. The first-order valence-corrected chi connectivity index (χ1v) is 12.0. The molecule has 0 bridgehead atoms. The molecule has 0 aliphatic heterocycles. The highest BCUT2D eigenvalue weighted by Crippen LogP contribution is 2.35. The molecule has 0 saturated carbocycles. The van der Waals surface area contributed by atoms with Crippen molar-refractivity contribution in [2.24, 2.45) is 5.10 Å². The molecule has 0 amide bonds. The normalized spacial score (nSPS) is 12.2. The Morgan fingerprint density at radius 3 is 2.06 bits per heavy atom. The van der Waals surface area contributed by atoms with Crippen molar-refractivity contribution in [1.82, 2.24) is 14.6 Å². The van der Waals surface area contributed by atoms with E-state index < -0.39 is 9.84 Å². The molecular formula is C23H15Cl2N5O2S. The number of aromatic nitrogens is 3. The predicted molar refractivity (Wildman–Crippen MR) is 131 cm³/mol. The highest BCUT2D eigenvalue weighted by Gasteiger charge is 2.30. The van der Waals surface area contributed by atoms with Crippen molar-refractivity contribution >= 4 is 67.3 Å². The standard InChI is InChI=1S/C23H15Cl2N5O2S/c24-15-7-5-14(6-8-15)13-27-30-22(26)21(33(31,32)17-11-9-16(25)10-12-17)20-23(30)29-19-4-2-1-3-18(19)28-20/h1-13H,26H2/b27-13-. The fourth-order valence-corrected chi connectivity index (χ4v) is 5.14. The lowest BCUT2D eigenvalue weighted by atomic mass is 10.2. The summed E-state index contributed by atoms with van der Waals surface area (Å²) in [6, 6.07) is 20.0. The number of halogens is 2. The molecule has 5 aromatic rings. The van der Waals surface area contributed by atoms with Crippen molar-refractivity contribution in [2.45, 2.75) is 9.79 Å². The zero-order valence-corrected chi connectivity index (χ0v) is 19.2. The van der Waals surface area contributed by atoms with Gasteiger partial charge in [0.2, 0.25) is 9.84 Å². The van der Waals surface area contributed by atoms with E-state index in [1.54, 1.807) is 48.7 Å². The number of nitrogens with zero attached hydrogens (tertiary/aromatic N) is 4. The highest BCUT2D eigenvalue weighted by molar-refractivity contribution is 7.92. The third kappa shape index (κ3) is 3.82. The second kappa shape index (κ2) is 8.15. The molecule has 2 aromatic heterocycles. The molecule has 10 heteroatoms. The summed E-state index contributed by atoms with van der Waals surface area (Å²) in [4.78, 5) is 9.06. The van der Waals surface area contributed by atoms with Gasteiger partial charge in [0.25, 0.3) is 0 Å². The van der Waals surface area contributed by atoms with Crippen LogP contribution in [0.1, 0.15) is 5.56 Å². The third-order valence-corrected chi connectivity index (χ3v) is 7.35. The van der Waals surface area contributed by atoms with Gasteiger partial charge in [-0.3, -0.25) is 0 Å². The van der Waals surface area contributed by atoms with Gasteiger partial charge < -0.3 is 5.73 Å². The van der Waals surface area contributed by atoms with Crippen LogP contribution in [-0.2, 0) is 9.84 Å². The fourth-order valence-electron chi connectivity index (χ4n) is 3.41. The molecule has 5 rings (SSSR count). The molecule has 33 heavy (non-hydrogen) atoms. The number of hydrogen-bond donors (Lipinski definition) is 1. The summed E-state index contributed by atoms with van der Waals surface area (Å²) in [5.74, 6) is -0.0968. The Kier molecular flexibility index (Phi) is 5.28. The zero-order valence-electron chi connectivity index (χ0n) is 16.9.